The van der Waals surface area contributed by atoms with Crippen molar-refractivity contribution in [2.45, 2.75) is 11.7 Å². The summed E-state index contributed by atoms with van der Waals surface area (Å²) in [5.41, 5.74) is 1.21. The van der Waals surface area contributed by atoms with Crippen LogP contribution in [-0.2, 0) is 18.4 Å². The predicted octanol–water partition coefficient (Wildman–Crippen LogP) is 3.51. The van der Waals surface area contributed by atoms with Gasteiger partial charge in [0.1, 0.15) is 11.6 Å². The third-order valence-corrected chi connectivity index (χ3v) is 5.04. The van der Waals surface area contributed by atoms with Crippen LogP contribution in [0.25, 0.3) is 11.4 Å². The van der Waals surface area contributed by atoms with E-state index in [9.17, 15) is 13.6 Å². The maximum atomic E-state index is 13.9. The van der Waals surface area contributed by atoms with Gasteiger partial charge in [-0.05, 0) is 29.8 Å². The Bertz CT molecular complexity index is 943. The van der Waals surface area contributed by atoms with Gasteiger partial charge in [0.15, 0.2) is 11.0 Å². The van der Waals surface area contributed by atoms with E-state index in [1.54, 1.807) is 53.9 Å². The summed E-state index contributed by atoms with van der Waals surface area (Å²) < 4.78 is 28.6. The van der Waals surface area contributed by atoms with Crippen LogP contribution in [0.15, 0.2) is 53.7 Å². The summed E-state index contributed by atoms with van der Waals surface area (Å²) in [6, 6.07) is 12.4. The zero-order valence-electron chi connectivity index (χ0n) is 14.9. The Hall–Kier alpha value is -2.74. The summed E-state index contributed by atoms with van der Waals surface area (Å²) in [5.74, 6) is -0.209. The zero-order chi connectivity index (χ0) is 19.4. The third kappa shape index (κ3) is 4.51. The molecule has 1 heterocycles. The van der Waals surface area contributed by atoms with Gasteiger partial charge in [-0.3, -0.25) is 4.79 Å². The number of nitrogens with zero attached hydrogens (tertiary/aromatic N) is 4. The molecule has 0 atom stereocenters. The number of hydrogen-bond acceptors (Lipinski definition) is 4. The fourth-order valence-electron chi connectivity index (χ4n) is 2.51. The van der Waals surface area contributed by atoms with Crippen molar-refractivity contribution in [3.63, 3.8) is 0 Å². The largest absolute Gasteiger partial charge is 0.341 e. The maximum absolute atomic E-state index is 13.9. The van der Waals surface area contributed by atoms with E-state index in [-0.39, 0.29) is 23.3 Å². The zero-order valence-corrected chi connectivity index (χ0v) is 15.7. The molecule has 0 aliphatic carbocycles. The summed E-state index contributed by atoms with van der Waals surface area (Å²) in [7, 11) is 3.42. The van der Waals surface area contributed by atoms with Crippen LogP contribution in [0.5, 0.6) is 0 Å². The van der Waals surface area contributed by atoms with Crippen LogP contribution >= 0.6 is 11.8 Å². The number of aromatic nitrogens is 3. The van der Waals surface area contributed by atoms with E-state index in [4.69, 9.17) is 0 Å². The van der Waals surface area contributed by atoms with Gasteiger partial charge in [-0.15, -0.1) is 10.2 Å². The van der Waals surface area contributed by atoms with Crippen molar-refractivity contribution in [1.29, 1.82) is 0 Å². The van der Waals surface area contributed by atoms with Crippen LogP contribution in [0.1, 0.15) is 5.56 Å². The molecule has 0 saturated carbocycles. The average Bonchev–Trinajstić information content (AvgIpc) is 3.02. The van der Waals surface area contributed by atoms with Gasteiger partial charge >= 0.3 is 0 Å². The minimum absolute atomic E-state index is 0.0974. The Kier molecular flexibility index (Phi) is 5.85. The second kappa shape index (κ2) is 8.30. The standard InChI is InChI=1S/C19H18F2N4OS/c1-24(11-13-7-9-14(20)10-8-13)17(26)12-27-19-23-22-18(25(19)2)15-5-3-4-6-16(15)21/h3-10H,11-12H2,1-2H3. The van der Waals surface area contributed by atoms with Crippen molar-refractivity contribution in [3.8, 4) is 11.4 Å². The van der Waals surface area contributed by atoms with Gasteiger partial charge in [0.2, 0.25) is 5.91 Å². The maximum Gasteiger partial charge on any atom is 0.233 e. The quantitative estimate of drug-likeness (QED) is 0.607. The third-order valence-electron chi connectivity index (χ3n) is 4.03. The van der Waals surface area contributed by atoms with E-state index in [0.29, 0.717) is 23.1 Å². The van der Waals surface area contributed by atoms with Crippen LogP contribution in [0.4, 0.5) is 8.78 Å². The predicted molar refractivity (Wildman–Crippen MR) is 100.0 cm³/mol. The highest BCUT2D eigenvalue weighted by atomic mass is 32.2. The molecule has 3 aromatic rings. The first-order valence-corrected chi connectivity index (χ1v) is 9.19. The fourth-order valence-corrected chi connectivity index (χ4v) is 3.36. The van der Waals surface area contributed by atoms with Crippen molar-refractivity contribution >= 4 is 17.7 Å². The van der Waals surface area contributed by atoms with Gasteiger partial charge in [0.05, 0.1) is 11.3 Å². The van der Waals surface area contributed by atoms with E-state index >= 15 is 0 Å². The van der Waals surface area contributed by atoms with Gasteiger partial charge in [0, 0.05) is 20.6 Å². The highest BCUT2D eigenvalue weighted by Gasteiger charge is 2.16. The molecular formula is C19H18F2N4OS. The molecule has 0 aliphatic heterocycles. The molecule has 27 heavy (non-hydrogen) atoms. The van der Waals surface area contributed by atoms with E-state index in [0.717, 1.165) is 5.56 Å². The van der Waals surface area contributed by atoms with Crippen LogP contribution < -0.4 is 0 Å². The van der Waals surface area contributed by atoms with Gasteiger partial charge in [-0.1, -0.05) is 36.0 Å². The monoisotopic (exact) mass is 388 g/mol. The number of rotatable bonds is 6. The second-order valence-corrected chi connectivity index (χ2v) is 6.95. The van der Waals surface area contributed by atoms with E-state index in [1.807, 2.05) is 0 Å². The minimum atomic E-state index is -0.375. The molecule has 0 saturated heterocycles. The van der Waals surface area contributed by atoms with Crippen LogP contribution in [0.2, 0.25) is 0 Å². The van der Waals surface area contributed by atoms with Crippen molar-refractivity contribution in [2.24, 2.45) is 7.05 Å². The molecular weight excluding hydrogens is 370 g/mol. The van der Waals surface area contributed by atoms with Crippen LogP contribution in [0.3, 0.4) is 0 Å². The van der Waals surface area contributed by atoms with E-state index in [1.165, 1.54) is 30.0 Å². The Morgan fingerprint density at radius 1 is 1.11 bits per heavy atom. The SMILES string of the molecule is CN(Cc1ccc(F)cc1)C(=O)CSc1nnc(-c2ccccc2F)n1C. The van der Waals surface area contributed by atoms with Crippen molar-refractivity contribution in [3.05, 3.63) is 65.7 Å². The second-order valence-electron chi connectivity index (χ2n) is 6.01. The normalized spacial score (nSPS) is 10.8. The number of carbonyl (C=O) groups excluding carboxylic acids is 1. The molecule has 0 fully saturated rings. The highest BCUT2D eigenvalue weighted by molar-refractivity contribution is 7.99. The molecule has 0 bridgehead atoms. The summed E-state index contributed by atoms with van der Waals surface area (Å²) >= 11 is 1.23. The summed E-state index contributed by atoms with van der Waals surface area (Å²) in [6.45, 7) is 0.388. The molecule has 0 spiro atoms. The van der Waals surface area contributed by atoms with Crippen molar-refractivity contribution in [1.82, 2.24) is 19.7 Å². The molecule has 2 aromatic carbocycles. The smallest absolute Gasteiger partial charge is 0.233 e. The lowest BCUT2D eigenvalue weighted by atomic mass is 10.2. The lowest BCUT2D eigenvalue weighted by Crippen LogP contribution is -2.27. The minimum Gasteiger partial charge on any atom is -0.341 e. The Morgan fingerprint density at radius 3 is 2.52 bits per heavy atom. The van der Waals surface area contributed by atoms with Crippen LogP contribution in [0, 0.1) is 11.6 Å². The molecule has 0 aliphatic rings. The topological polar surface area (TPSA) is 51.0 Å². The van der Waals surface area contributed by atoms with Crippen molar-refractivity contribution in [2.75, 3.05) is 12.8 Å². The number of hydrogen-bond donors (Lipinski definition) is 0. The first kappa shape index (κ1) is 19.0. The lowest BCUT2D eigenvalue weighted by Gasteiger charge is -2.17. The number of benzene rings is 2. The first-order valence-electron chi connectivity index (χ1n) is 8.21. The van der Waals surface area contributed by atoms with E-state index in [2.05, 4.69) is 10.2 Å². The van der Waals surface area contributed by atoms with Gasteiger partial charge in [-0.2, -0.15) is 0 Å². The molecule has 3 rings (SSSR count). The van der Waals surface area contributed by atoms with Gasteiger partial charge in [0.25, 0.3) is 0 Å². The summed E-state index contributed by atoms with van der Waals surface area (Å²) in [5, 5.41) is 8.62. The fraction of sp³-hybridized carbons (Fsp3) is 0.211. The van der Waals surface area contributed by atoms with E-state index < -0.39 is 0 Å². The number of thioether (sulfide) groups is 1. The van der Waals surface area contributed by atoms with Gasteiger partial charge < -0.3 is 9.47 Å². The average molecular weight is 388 g/mol. The number of halogens is 2. The first-order chi connectivity index (χ1) is 13.0. The molecule has 5 nitrogen and oxygen atoms in total. The Labute approximate surface area is 160 Å². The molecule has 8 heteroatoms. The highest BCUT2D eigenvalue weighted by Crippen LogP contribution is 2.24. The number of carbonyl (C=O) groups is 1. The molecule has 0 unspecified atom stereocenters. The molecule has 0 radical (unpaired) electrons. The Balaban J connectivity index is 1.62. The Morgan fingerprint density at radius 2 is 1.81 bits per heavy atom. The molecule has 1 aromatic heterocycles. The number of amides is 1. The summed E-state index contributed by atoms with van der Waals surface area (Å²) in [6.07, 6.45) is 0. The molecule has 140 valence electrons. The van der Waals surface area contributed by atoms with Crippen molar-refractivity contribution < 1.29 is 13.6 Å². The van der Waals surface area contributed by atoms with Crippen LogP contribution in [-0.4, -0.2) is 38.4 Å². The molecule has 1 amide bonds. The summed E-state index contributed by atoms with van der Waals surface area (Å²) in [4.78, 5) is 13.9. The van der Waals surface area contributed by atoms with Gasteiger partial charge in [-0.25, -0.2) is 8.78 Å². The lowest BCUT2D eigenvalue weighted by molar-refractivity contribution is -0.127. The molecule has 0 N–H and O–H groups in total.